The Morgan fingerprint density at radius 2 is 1.96 bits per heavy atom. The van der Waals surface area contributed by atoms with Crippen LogP contribution < -0.4 is 14.5 Å². The van der Waals surface area contributed by atoms with Gasteiger partial charge < -0.3 is 4.74 Å². The summed E-state index contributed by atoms with van der Waals surface area (Å²) in [5.41, 5.74) is 5.35. The van der Waals surface area contributed by atoms with Crippen LogP contribution in [0.15, 0.2) is 47.6 Å². The minimum absolute atomic E-state index is 0.363. The molecule has 0 aliphatic carbocycles. The van der Waals surface area contributed by atoms with Crippen molar-refractivity contribution in [2.24, 2.45) is 5.10 Å². The van der Waals surface area contributed by atoms with Crippen molar-refractivity contribution in [2.45, 2.75) is 13.8 Å². The number of nitrogens with zero attached hydrogens (tertiary/aromatic N) is 2. The minimum atomic E-state index is -3.63. The molecule has 144 valence electrons. The highest BCUT2D eigenvalue weighted by molar-refractivity contribution is 7.92. The number of carbonyl (C=O) groups is 1. The Hall–Kier alpha value is -2.87. The van der Waals surface area contributed by atoms with Gasteiger partial charge in [-0.2, -0.15) is 5.10 Å². The van der Waals surface area contributed by atoms with Crippen molar-refractivity contribution in [2.75, 3.05) is 24.2 Å². The Labute approximate surface area is 159 Å². The van der Waals surface area contributed by atoms with E-state index in [2.05, 4.69) is 10.5 Å². The van der Waals surface area contributed by atoms with Gasteiger partial charge in [-0.05, 0) is 43.2 Å². The number of sulfonamides is 1. The number of rotatable bonds is 7. The molecule has 27 heavy (non-hydrogen) atoms. The summed E-state index contributed by atoms with van der Waals surface area (Å²) >= 11 is 0. The first-order valence-electron chi connectivity index (χ1n) is 8.21. The molecule has 0 aliphatic heterocycles. The summed E-state index contributed by atoms with van der Waals surface area (Å²) in [5, 5.41) is 3.88. The van der Waals surface area contributed by atoms with Crippen molar-refractivity contribution in [3.8, 4) is 5.75 Å². The highest BCUT2D eigenvalue weighted by Gasteiger charge is 2.22. The predicted octanol–water partition coefficient (Wildman–Crippen LogP) is 2.23. The second-order valence-electron chi connectivity index (χ2n) is 6.13. The number of aryl methyl sites for hydroxylation is 2. The van der Waals surface area contributed by atoms with Crippen LogP contribution in [0.25, 0.3) is 0 Å². The second kappa shape index (κ2) is 8.68. The van der Waals surface area contributed by atoms with Crippen molar-refractivity contribution < 1.29 is 17.9 Å². The Morgan fingerprint density at radius 3 is 2.59 bits per heavy atom. The molecule has 0 atom stereocenters. The van der Waals surface area contributed by atoms with Gasteiger partial charge in [0.1, 0.15) is 12.3 Å². The fraction of sp³-hybridized carbons (Fsp3) is 0.263. The lowest BCUT2D eigenvalue weighted by Gasteiger charge is -2.23. The van der Waals surface area contributed by atoms with Crippen LogP contribution in [0.1, 0.15) is 16.7 Å². The van der Waals surface area contributed by atoms with Gasteiger partial charge in [0.15, 0.2) is 0 Å². The van der Waals surface area contributed by atoms with E-state index in [9.17, 15) is 13.2 Å². The molecule has 1 amide bonds. The van der Waals surface area contributed by atoms with E-state index in [-0.39, 0.29) is 6.54 Å². The van der Waals surface area contributed by atoms with Gasteiger partial charge in [-0.3, -0.25) is 9.10 Å². The summed E-state index contributed by atoms with van der Waals surface area (Å²) in [6.45, 7) is 3.36. The summed E-state index contributed by atoms with van der Waals surface area (Å²) in [6, 6.07) is 12.5. The summed E-state index contributed by atoms with van der Waals surface area (Å²) < 4.78 is 30.5. The van der Waals surface area contributed by atoms with Crippen molar-refractivity contribution >= 4 is 27.8 Å². The van der Waals surface area contributed by atoms with Gasteiger partial charge in [-0.15, -0.1) is 0 Å². The molecule has 0 unspecified atom stereocenters. The largest absolute Gasteiger partial charge is 0.497 e. The number of amides is 1. The molecule has 1 N–H and O–H groups in total. The fourth-order valence-corrected chi connectivity index (χ4v) is 3.45. The number of methoxy groups -OCH3 is 1. The van der Waals surface area contributed by atoms with Crippen LogP contribution in [-0.2, 0) is 14.8 Å². The molecule has 2 aromatic carbocycles. The van der Waals surface area contributed by atoms with Crippen LogP contribution in [0.3, 0.4) is 0 Å². The van der Waals surface area contributed by atoms with Gasteiger partial charge in [0.25, 0.3) is 5.91 Å². The van der Waals surface area contributed by atoms with Crippen LogP contribution >= 0.6 is 0 Å². The molecule has 7 nitrogen and oxygen atoms in total. The summed E-state index contributed by atoms with van der Waals surface area (Å²) in [5.74, 6) is 0.128. The Kier molecular flexibility index (Phi) is 6.57. The Morgan fingerprint density at radius 1 is 1.22 bits per heavy atom. The van der Waals surface area contributed by atoms with Crippen molar-refractivity contribution in [3.05, 3.63) is 59.2 Å². The molecule has 0 spiro atoms. The molecule has 8 heteroatoms. The number of hydrazone groups is 1. The zero-order valence-electron chi connectivity index (χ0n) is 15.8. The monoisotopic (exact) mass is 389 g/mol. The highest BCUT2D eigenvalue weighted by atomic mass is 32.2. The first kappa shape index (κ1) is 20.4. The molecule has 0 saturated carbocycles. The van der Waals surface area contributed by atoms with Gasteiger partial charge in [-0.25, -0.2) is 13.8 Å². The van der Waals surface area contributed by atoms with E-state index in [4.69, 9.17) is 4.74 Å². The normalized spacial score (nSPS) is 11.4. The third-order valence-corrected chi connectivity index (χ3v) is 4.93. The average molecular weight is 389 g/mol. The second-order valence-corrected chi connectivity index (χ2v) is 8.04. The van der Waals surface area contributed by atoms with Crippen LogP contribution in [0.2, 0.25) is 0 Å². The van der Waals surface area contributed by atoms with Crippen LogP contribution in [0.5, 0.6) is 5.75 Å². The molecule has 0 bridgehead atoms. The summed E-state index contributed by atoms with van der Waals surface area (Å²) in [6.07, 6.45) is 2.53. The summed E-state index contributed by atoms with van der Waals surface area (Å²) in [7, 11) is -2.07. The third kappa shape index (κ3) is 5.82. The van der Waals surface area contributed by atoms with E-state index in [0.717, 1.165) is 27.3 Å². The minimum Gasteiger partial charge on any atom is -0.497 e. The maximum absolute atomic E-state index is 12.2. The lowest BCUT2D eigenvalue weighted by Crippen LogP contribution is -2.39. The van der Waals surface area contributed by atoms with Crippen LogP contribution in [0.4, 0.5) is 5.69 Å². The smallest absolute Gasteiger partial charge is 0.260 e. The first-order valence-corrected chi connectivity index (χ1v) is 10.1. The van der Waals surface area contributed by atoms with E-state index >= 15 is 0 Å². The molecular weight excluding hydrogens is 366 g/mol. The van der Waals surface area contributed by atoms with Crippen LogP contribution in [-0.4, -0.2) is 40.4 Å². The molecule has 2 aromatic rings. The highest BCUT2D eigenvalue weighted by Crippen LogP contribution is 2.23. The van der Waals surface area contributed by atoms with Gasteiger partial charge in [-0.1, -0.05) is 29.8 Å². The quantitative estimate of drug-likeness (QED) is 0.581. The van der Waals surface area contributed by atoms with Crippen molar-refractivity contribution in [3.63, 3.8) is 0 Å². The van der Waals surface area contributed by atoms with Gasteiger partial charge in [0.05, 0.1) is 25.3 Å². The fourth-order valence-electron chi connectivity index (χ4n) is 2.53. The molecule has 0 saturated heterocycles. The molecule has 0 fully saturated rings. The number of ether oxygens (including phenoxy) is 1. The van der Waals surface area contributed by atoms with Gasteiger partial charge >= 0.3 is 0 Å². The number of anilines is 1. The molecule has 0 heterocycles. The Bertz CT molecular complexity index is 955. The standard InChI is InChI=1S/C19H23N3O4S/c1-14-8-9-18(15(2)10-14)22(27(4,24)25)13-19(23)21-20-12-16-6-5-7-17(11-16)26-3/h5-12H,13H2,1-4H3,(H,21,23)/b20-12-. The first-order chi connectivity index (χ1) is 12.7. The van der Waals surface area contributed by atoms with E-state index in [1.807, 2.05) is 13.0 Å². The van der Waals surface area contributed by atoms with E-state index < -0.39 is 15.9 Å². The lowest BCUT2D eigenvalue weighted by atomic mass is 10.1. The zero-order chi connectivity index (χ0) is 20.0. The molecule has 2 rings (SSSR count). The van der Waals surface area contributed by atoms with E-state index in [0.29, 0.717) is 11.4 Å². The number of hydrogen-bond donors (Lipinski definition) is 1. The zero-order valence-corrected chi connectivity index (χ0v) is 16.6. The number of benzene rings is 2. The van der Waals surface area contributed by atoms with Crippen molar-refractivity contribution in [1.29, 1.82) is 0 Å². The lowest BCUT2D eigenvalue weighted by molar-refractivity contribution is -0.119. The number of nitrogens with one attached hydrogen (secondary N) is 1. The van der Waals surface area contributed by atoms with Crippen LogP contribution in [0, 0.1) is 13.8 Å². The maximum atomic E-state index is 12.2. The average Bonchev–Trinajstić information content (AvgIpc) is 2.59. The predicted molar refractivity (Wildman–Crippen MR) is 107 cm³/mol. The van der Waals surface area contributed by atoms with E-state index in [1.165, 1.54) is 6.21 Å². The number of hydrogen-bond acceptors (Lipinski definition) is 5. The topological polar surface area (TPSA) is 88.1 Å². The van der Waals surface area contributed by atoms with Crippen molar-refractivity contribution in [1.82, 2.24) is 5.43 Å². The maximum Gasteiger partial charge on any atom is 0.260 e. The number of carbonyl (C=O) groups excluding carboxylic acids is 1. The Balaban J connectivity index is 2.11. The van der Waals surface area contributed by atoms with Gasteiger partial charge in [0.2, 0.25) is 10.0 Å². The molecule has 0 aliphatic rings. The molecule has 0 radical (unpaired) electrons. The third-order valence-electron chi connectivity index (χ3n) is 3.81. The van der Waals surface area contributed by atoms with E-state index in [1.54, 1.807) is 50.4 Å². The molecule has 0 aromatic heterocycles. The molecular formula is C19H23N3O4S. The van der Waals surface area contributed by atoms with Gasteiger partial charge in [0, 0.05) is 0 Å². The SMILES string of the molecule is COc1cccc(/C=N\NC(=O)CN(c2ccc(C)cc2C)S(C)(=O)=O)c1. The summed E-state index contributed by atoms with van der Waals surface area (Å²) in [4.78, 5) is 12.2.